The second kappa shape index (κ2) is 16.5. The Morgan fingerprint density at radius 3 is 2.15 bits per heavy atom. The lowest BCUT2D eigenvalue weighted by atomic mass is 9.80. The summed E-state index contributed by atoms with van der Waals surface area (Å²) in [4.78, 5) is 12.5. The Hall–Kier alpha value is -1.16. The zero-order valence-corrected chi connectivity index (χ0v) is 23.1. The number of aromatic hydroxyl groups is 1. The van der Waals surface area contributed by atoms with E-state index in [1.807, 2.05) is 37.7 Å². The summed E-state index contributed by atoms with van der Waals surface area (Å²) in [7, 11) is 0. The molecule has 1 N–H and O–H groups in total. The van der Waals surface area contributed by atoms with Crippen molar-refractivity contribution >= 4 is 17.7 Å². The molecule has 0 radical (unpaired) electrons. The van der Waals surface area contributed by atoms with Crippen molar-refractivity contribution < 1.29 is 14.6 Å². The van der Waals surface area contributed by atoms with Crippen molar-refractivity contribution in [1.82, 2.24) is 0 Å². The molecule has 0 heterocycles. The van der Waals surface area contributed by atoms with Crippen LogP contribution in [0.15, 0.2) is 12.1 Å². The third-order valence-electron chi connectivity index (χ3n) is 6.65. The van der Waals surface area contributed by atoms with Crippen LogP contribution >= 0.6 is 11.8 Å². The number of phenols is 1. The number of benzene rings is 1. The molecular formula is C29H50O3S. The fourth-order valence-corrected chi connectivity index (χ4v) is 5.05. The Kier molecular flexibility index (Phi) is 14.9. The highest BCUT2D eigenvalue weighted by atomic mass is 32.2. The largest absolute Gasteiger partial charge is 0.507 e. The van der Waals surface area contributed by atoms with Gasteiger partial charge in [0, 0.05) is 11.3 Å². The minimum atomic E-state index is -0.188. The highest BCUT2D eigenvalue weighted by molar-refractivity contribution is 7.99. The van der Waals surface area contributed by atoms with Crippen molar-refractivity contribution in [1.29, 1.82) is 0 Å². The van der Waals surface area contributed by atoms with E-state index in [1.165, 1.54) is 64.2 Å². The van der Waals surface area contributed by atoms with E-state index in [0.717, 1.165) is 34.6 Å². The van der Waals surface area contributed by atoms with Gasteiger partial charge in [0.15, 0.2) is 0 Å². The van der Waals surface area contributed by atoms with Crippen LogP contribution in [0.2, 0.25) is 0 Å². The molecule has 1 atom stereocenters. The molecule has 0 aliphatic carbocycles. The maximum absolute atomic E-state index is 12.5. The average Bonchev–Trinajstić information content (AvgIpc) is 2.76. The second-order valence-corrected chi connectivity index (χ2v) is 11.4. The number of carbonyl (C=O) groups is 1. The molecule has 33 heavy (non-hydrogen) atoms. The van der Waals surface area contributed by atoms with Crippen LogP contribution in [0.25, 0.3) is 0 Å². The molecule has 3 nitrogen and oxygen atoms in total. The fourth-order valence-electron chi connectivity index (χ4n) is 4.07. The van der Waals surface area contributed by atoms with Gasteiger partial charge in [-0.15, -0.1) is 0 Å². The lowest BCUT2D eigenvalue weighted by Crippen LogP contribution is -2.20. The van der Waals surface area contributed by atoms with Crippen molar-refractivity contribution in [2.75, 3.05) is 11.5 Å². The highest BCUT2D eigenvalue weighted by Crippen LogP contribution is 2.36. The first kappa shape index (κ1) is 29.9. The molecule has 1 aromatic rings. The molecule has 0 spiro atoms. The van der Waals surface area contributed by atoms with E-state index in [2.05, 4.69) is 27.7 Å². The minimum absolute atomic E-state index is 0.0737. The van der Waals surface area contributed by atoms with Crippen molar-refractivity contribution in [3.05, 3.63) is 28.8 Å². The number of unbranched alkanes of at least 4 members (excludes halogenated alkanes) is 9. The van der Waals surface area contributed by atoms with Gasteiger partial charge in [0.2, 0.25) is 0 Å². The molecule has 1 rings (SSSR count). The first-order valence-corrected chi connectivity index (χ1v) is 14.5. The smallest absolute Gasteiger partial charge is 0.310 e. The van der Waals surface area contributed by atoms with Crippen molar-refractivity contribution in [2.45, 2.75) is 130 Å². The number of thioether (sulfide) groups is 1. The zero-order chi connectivity index (χ0) is 24.7. The van der Waals surface area contributed by atoms with E-state index in [4.69, 9.17) is 4.74 Å². The number of ether oxygens (including phenoxy) is 1. The summed E-state index contributed by atoms with van der Waals surface area (Å²) >= 11 is 1.89. The second-order valence-electron chi connectivity index (χ2n) is 10.3. The van der Waals surface area contributed by atoms with Gasteiger partial charge in [-0.3, -0.25) is 4.79 Å². The SMILES string of the molecule is CCCCCCCCCCCCSCC(C)OC(=O)Cc1cc(C)c(O)c(C(C)(C)CC)c1. The molecule has 0 saturated carbocycles. The summed E-state index contributed by atoms with van der Waals surface area (Å²) in [6.45, 7) is 12.5. The van der Waals surface area contributed by atoms with E-state index in [1.54, 1.807) is 0 Å². The van der Waals surface area contributed by atoms with Gasteiger partial charge in [0.1, 0.15) is 11.9 Å². The summed E-state index contributed by atoms with van der Waals surface area (Å²) < 4.78 is 5.65. The average molecular weight is 479 g/mol. The van der Waals surface area contributed by atoms with E-state index in [0.29, 0.717) is 5.75 Å². The van der Waals surface area contributed by atoms with Gasteiger partial charge in [-0.2, -0.15) is 11.8 Å². The van der Waals surface area contributed by atoms with Crippen LogP contribution in [0.1, 0.15) is 122 Å². The van der Waals surface area contributed by atoms with Crippen LogP contribution in [-0.4, -0.2) is 28.7 Å². The monoisotopic (exact) mass is 478 g/mol. The van der Waals surface area contributed by atoms with Gasteiger partial charge in [-0.05, 0) is 49.0 Å². The summed E-state index contributed by atoms with van der Waals surface area (Å²) in [5, 5.41) is 10.5. The van der Waals surface area contributed by atoms with Gasteiger partial charge in [0.25, 0.3) is 0 Å². The predicted octanol–water partition coefficient (Wildman–Crippen LogP) is 8.52. The number of aryl methyl sites for hydroxylation is 1. The maximum Gasteiger partial charge on any atom is 0.310 e. The number of rotatable bonds is 18. The molecule has 0 aliphatic rings. The summed E-state index contributed by atoms with van der Waals surface area (Å²) in [5.74, 6) is 2.15. The van der Waals surface area contributed by atoms with E-state index in [-0.39, 0.29) is 23.9 Å². The summed E-state index contributed by atoms with van der Waals surface area (Å²) in [6.07, 6.45) is 14.7. The topological polar surface area (TPSA) is 46.5 Å². The molecule has 1 aromatic carbocycles. The molecule has 1 unspecified atom stereocenters. The maximum atomic E-state index is 12.5. The van der Waals surface area contributed by atoms with E-state index in [9.17, 15) is 9.90 Å². The van der Waals surface area contributed by atoms with Crippen LogP contribution in [0.5, 0.6) is 5.75 Å². The number of esters is 1. The first-order chi connectivity index (χ1) is 15.7. The number of carbonyl (C=O) groups excluding carboxylic acids is 1. The van der Waals surface area contributed by atoms with Crippen LogP contribution in [0.3, 0.4) is 0 Å². The molecule has 0 fully saturated rings. The van der Waals surface area contributed by atoms with Gasteiger partial charge in [-0.25, -0.2) is 0 Å². The molecule has 190 valence electrons. The zero-order valence-electron chi connectivity index (χ0n) is 22.3. The molecule has 0 amide bonds. The van der Waals surface area contributed by atoms with Crippen molar-refractivity contribution in [3.63, 3.8) is 0 Å². The van der Waals surface area contributed by atoms with Crippen molar-refractivity contribution in [3.8, 4) is 5.75 Å². The first-order valence-electron chi connectivity index (χ1n) is 13.3. The Morgan fingerprint density at radius 2 is 1.58 bits per heavy atom. The Labute approximate surface area is 208 Å². The molecule has 0 bridgehead atoms. The van der Waals surface area contributed by atoms with Crippen LogP contribution in [0.4, 0.5) is 0 Å². The minimum Gasteiger partial charge on any atom is -0.507 e. The fraction of sp³-hybridized carbons (Fsp3) is 0.759. The van der Waals surface area contributed by atoms with Gasteiger partial charge in [-0.1, -0.05) is 97.6 Å². The quantitative estimate of drug-likeness (QED) is 0.170. The number of hydrogen-bond donors (Lipinski definition) is 1. The Balaban J connectivity index is 2.24. The van der Waals surface area contributed by atoms with Crippen LogP contribution < -0.4 is 0 Å². The van der Waals surface area contributed by atoms with E-state index >= 15 is 0 Å². The number of phenolic OH excluding ortho intramolecular Hbond substituents is 1. The van der Waals surface area contributed by atoms with Gasteiger partial charge < -0.3 is 9.84 Å². The summed E-state index contributed by atoms with van der Waals surface area (Å²) in [5.41, 5.74) is 2.51. The third-order valence-corrected chi connectivity index (χ3v) is 7.93. The molecule has 0 aliphatic heterocycles. The molecule has 4 heteroatoms. The Morgan fingerprint density at radius 1 is 1.00 bits per heavy atom. The van der Waals surface area contributed by atoms with Crippen LogP contribution in [0, 0.1) is 6.92 Å². The standard InChI is InChI=1S/C29H50O3S/c1-7-9-10-11-12-13-14-15-16-17-18-33-22-24(4)32-27(30)21-25-19-23(3)28(31)26(20-25)29(5,6)8-2/h19-20,24,31H,7-18,21-22H2,1-6H3. The van der Waals surface area contributed by atoms with Crippen LogP contribution in [-0.2, 0) is 21.4 Å². The molecular weight excluding hydrogens is 428 g/mol. The summed E-state index contributed by atoms with van der Waals surface area (Å²) in [6, 6.07) is 3.87. The van der Waals surface area contributed by atoms with E-state index < -0.39 is 0 Å². The predicted molar refractivity (Wildman–Crippen MR) is 145 cm³/mol. The highest BCUT2D eigenvalue weighted by Gasteiger charge is 2.24. The lowest BCUT2D eigenvalue weighted by Gasteiger charge is -2.26. The normalized spacial score (nSPS) is 12.7. The number of hydrogen-bond acceptors (Lipinski definition) is 4. The van der Waals surface area contributed by atoms with Gasteiger partial charge >= 0.3 is 5.97 Å². The van der Waals surface area contributed by atoms with Crippen molar-refractivity contribution in [2.24, 2.45) is 0 Å². The van der Waals surface area contributed by atoms with Gasteiger partial charge in [0.05, 0.1) is 6.42 Å². The third kappa shape index (κ3) is 12.2. The lowest BCUT2D eigenvalue weighted by molar-refractivity contribution is -0.146. The molecule has 0 aromatic heterocycles. The Bertz CT molecular complexity index is 684. The molecule has 0 saturated heterocycles.